The van der Waals surface area contributed by atoms with Crippen molar-refractivity contribution in [3.05, 3.63) is 88.6 Å². The van der Waals surface area contributed by atoms with Gasteiger partial charge in [0, 0.05) is 26.8 Å². The first-order chi connectivity index (χ1) is 14.0. The van der Waals surface area contributed by atoms with Gasteiger partial charge in [0.1, 0.15) is 5.82 Å². The largest absolute Gasteiger partial charge is 0.363 e. The van der Waals surface area contributed by atoms with Crippen molar-refractivity contribution >= 4 is 29.0 Å². The molecule has 6 heteroatoms. The van der Waals surface area contributed by atoms with Gasteiger partial charge in [-0.05, 0) is 48.4 Å². The van der Waals surface area contributed by atoms with E-state index in [0.717, 1.165) is 24.3 Å². The van der Waals surface area contributed by atoms with Gasteiger partial charge < -0.3 is 15.5 Å². The number of pyridine rings is 1. The lowest BCUT2D eigenvalue weighted by Gasteiger charge is -2.12. The minimum atomic E-state index is -0.237. The average Bonchev–Trinajstić information content (AvgIpc) is 2.74. The number of hydrogen-bond donors (Lipinski definition) is 2. The maximum Gasteiger partial charge on any atom is 0.257 e. The van der Waals surface area contributed by atoms with Crippen LogP contribution in [0.5, 0.6) is 0 Å². The lowest BCUT2D eigenvalue weighted by atomic mass is 10.1. The van der Waals surface area contributed by atoms with Crippen molar-refractivity contribution in [2.45, 2.75) is 13.0 Å². The third-order valence-electron chi connectivity index (χ3n) is 4.51. The third-order valence-corrected chi connectivity index (χ3v) is 4.84. The summed E-state index contributed by atoms with van der Waals surface area (Å²) in [6, 6.07) is 19.6. The number of aromatic nitrogens is 1. The zero-order valence-corrected chi connectivity index (χ0v) is 17.4. The van der Waals surface area contributed by atoms with E-state index >= 15 is 0 Å². The molecule has 0 bridgehead atoms. The first kappa shape index (κ1) is 20.8. The van der Waals surface area contributed by atoms with Gasteiger partial charge in [0.2, 0.25) is 0 Å². The Kier molecular flexibility index (Phi) is 7.22. The minimum absolute atomic E-state index is 0.237. The average molecular weight is 409 g/mol. The van der Waals surface area contributed by atoms with Gasteiger partial charge in [0.15, 0.2) is 0 Å². The molecule has 0 fully saturated rings. The molecule has 3 aromatic rings. The van der Waals surface area contributed by atoms with E-state index in [1.54, 1.807) is 18.3 Å². The first-order valence-electron chi connectivity index (χ1n) is 9.51. The number of halogens is 1. The molecule has 1 heterocycles. The summed E-state index contributed by atoms with van der Waals surface area (Å²) in [4.78, 5) is 18.7. The molecule has 5 nitrogen and oxygen atoms in total. The second kappa shape index (κ2) is 10.0. The SMILES string of the molecule is CN(C)c1ccc(C(=O)Nc2cc(CNCCc3ccccc3)ccc2Cl)cn1. The van der Waals surface area contributed by atoms with Crippen molar-refractivity contribution in [3.8, 4) is 0 Å². The highest BCUT2D eigenvalue weighted by Crippen LogP contribution is 2.24. The predicted octanol–water partition coefficient (Wildman–Crippen LogP) is 4.39. The Hall–Kier alpha value is -2.89. The molecule has 150 valence electrons. The van der Waals surface area contributed by atoms with Crippen molar-refractivity contribution in [2.75, 3.05) is 30.9 Å². The predicted molar refractivity (Wildman–Crippen MR) is 120 cm³/mol. The van der Waals surface area contributed by atoms with Crippen LogP contribution in [-0.2, 0) is 13.0 Å². The van der Waals surface area contributed by atoms with Gasteiger partial charge in [-0.25, -0.2) is 4.98 Å². The van der Waals surface area contributed by atoms with E-state index in [1.807, 2.05) is 55.4 Å². The third kappa shape index (κ3) is 6.04. The van der Waals surface area contributed by atoms with Gasteiger partial charge in [-0.1, -0.05) is 48.0 Å². The van der Waals surface area contributed by atoms with Crippen molar-refractivity contribution in [1.29, 1.82) is 0 Å². The normalized spacial score (nSPS) is 10.6. The molecule has 29 heavy (non-hydrogen) atoms. The Morgan fingerprint density at radius 1 is 1.03 bits per heavy atom. The number of nitrogens with zero attached hydrogens (tertiary/aromatic N) is 2. The maximum absolute atomic E-state index is 12.5. The summed E-state index contributed by atoms with van der Waals surface area (Å²) in [6.45, 7) is 1.57. The number of nitrogens with one attached hydrogen (secondary N) is 2. The van der Waals surface area contributed by atoms with Crippen molar-refractivity contribution in [2.24, 2.45) is 0 Å². The van der Waals surface area contributed by atoms with Crippen LogP contribution in [0.2, 0.25) is 5.02 Å². The molecule has 0 saturated heterocycles. The Bertz CT molecular complexity index is 943. The van der Waals surface area contributed by atoms with Crippen molar-refractivity contribution in [1.82, 2.24) is 10.3 Å². The minimum Gasteiger partial charge on any atom is -0.363 e. The summed E-state index contributed by atoms with van der Waals surface area (Å²) in [5, 5.41) is 6.81. The lowest BCUT2D eigenvalue weighted by Crippen LogP contribution is -2.17. The topological polar surface area (TPSA) is 57.3 Å². The molecule has 0 atom stereocenters. The van der Waals surface area contributed by atoms with Crippen LogP contribution < -0.4 is 15.5 Å². The van der Waals surface area contributed by atoms with E-state index in [2.05, 4.69) is 27.8 Å². The Labute approximate surface area is 176 Å². The fourth-order valence-electron chi connectivity index (χ4n) is 2.87. The molecule has 3 rings (SSSR count). The maximum atomic E-state index is 12.5. The fraction of sp³-hybridized carbons (Fsp3) is 0.217. The molecule has 1 aromatic heterocycles. The highest BCUT2D eigenvalue weighted by atomic mass is 35.5. The summed E-state index contributed by atoms with van der Waals surface area (Å²) >= 11 is 6.28. The molecule has 0 saturated carbocycles. The smallest absolute Gasteiger partial charge is 0.257 e. The molecule has 0 aliphatic rings. The summed E-state index contributed by atoms with van der Waals surface area (Å²) < 4.78 is 0. The standard InChI is InChI=1S/C23H25ClN4O/c1-28(2)22-11-9-19(16-26-22)23(29)27-21-14-18(8-10-20(21)24)15-25-13-12-17-6-4-3-5-7-17/h3-11,14,16,25H,12-13,15H2,1-2H3,(H,27,29). The number of carbonyl (C=O) groups excluding carboxylic acids is 1. The van der Waals surface area contributed by atoms with Crippen LogP contribution in [0.1, 0.15) is 21.5 Å². The lowest BCUT2D eigenvalue weighted by molar-refractivity contribution is 0.102. The zero-order chi connectivity index (χ0) is 20.6. The number of rotatable bonds is 8. The highest BCUT2D eigenvalue weighted by molar-refractivity contribution is 6.34. The van der Waals surface area contributed by atoms with Gasteiger partial charge in [-0.3, -0.25) is 4.79 Å². The van der Waals surface area contributed by atoms with Crippen molar-refractivity contribution < 1.29 is 4.79 Å². The van der Waals surface area contributed by atoms with Crippen molar-refractivity contribution in [3.63, 3.8) is 0 Å². The molecule has 2 aromatic carbocycles. The van der Waals surface area contributed by atoms with Gasteiger partial charge in [0.05, 0.1) is 16.3 Å². The monoisotopic (exact) mass is 408 g/mol. The Balaban J connectivity index is 1.57. The summed E-state index contributed by atoms with van der Waals surface area (Å²) in [6.07, 6.45) is 2.53. The van der Waals surface area contributed by atoms with Crippen LogP contribution in [-0.4, -0.2) is 31.5 Å². The molecular formula is C23H25ClN4O. The van der Waals surface area contributed by atoms with Crippen LogP contribution in [0.15, 0.2) is 66.9 Å². The van der Waals surface area contributed by atoms with Crippen LogP contribution in [0.25, 0.3) is 0 Å². The van der Waals surface area contributed by atoms with Gasteiger partial charge in [0.25, 0.3) is 5.91 Å². The van der Waals surface area contributed by atoms with E-state index in [-0.39, 0.29) is 5.91 Å². The van der Waals surface area contributed by atoms with E-state index in [1.165, 1.54) is 5.56 Å². The summed E-state index contributed by atoms with van der Waals surface area (Å²) in [5.74, 6) is 0.557. The highest BCUT2D eigenvalue weighted by Gasteiger charge is 2.10. The van der Waals surface area contributed by atoms with Crippen LogP contribution >= 0.6 is 11.6 Å². The van der Waals surface area contributed by atoms with E-state index in [9.17, 15) is 4.79 Å². The van der Waals surface area contributed by atoms with Gasteiger partial charge in [-0.2, -0.15) is 0 Å². The second-order valence-corrected chi connectivity index (χ2v) is 7.39. The number of carbonyl (C=O) groups is 1. The molecule has 2 N–H and O–H groups in total. The zero-order valence-electron chi connectivity index (χ0n) is 16.7. The molecule has 0 aliphatic heterocycles. The number of hydrogen-bond acceptors (Lipinski definition) is 4. The molecule has 1 amide bonds. The first-order valence-corrected chi connectivity index (χ1v) is 9.88. The summed E-state index contributed by atoms with van der Waals surface area (Å²) in [5.41, 5.74) is 3.44. The van der Waals surface area contributed by atoms with Crippen LogP contribution in [0.4, 0.5) is 11.5 Å². The Morgan fingerprint density at radius 3 is 2.52 bits per heavy atom. The number of anilines is 2. The molecule has 0 aliphatic carbocycles. The molecule has 0 unspecified atom stereocenters. The van der Waals surface area contributed by atoms with Crippen LogP contribution in [0, 0.1) is 0 Å². The van der Waals surface area contributed by atoms with Crippen LogP contribution in [0.3, 0.4) is 0 Å². The quantitative estimate of drug-likeness (QED) is 0.543. The summed E-state index contributed by atoms with van der Waals surface area (Å²) in [7, 11) is 3.81. The van der Waals surface area contributed by atoms with Gasteiger partial charge in [-0.15, -0.1) is 0 Å². The van der Waals surface area contributed by atoms with Gasteiger partial charge >= 0.3 is 0 Å². The fourth-order valence-corrected chi connectivity index (χ4v) is 3.03. The number of amides is 1. The Morgan fingerprint density at radius 2 is 1.83 bits per heavy atom. The van der Waals surface area contributed by atoms with E-state index in [4.69, 9.17) is 11.6 Å². The van der Waals surface area contributed by atoms with E-state index < -0.39 is 0 Å². The molecule has 0 spiro atoms. The second-order valence-electron chi connectivity index (χ2n) is 6.98. The van der Waals surface area contributed by atoms with E-state index in [0.29, 0.717) is 22.8 Å². The number of benzene rings is 2. The molecular weight excluding hydrogens is 384 g/mol. The molecule has 0 radical (unpaired) electrons.